The predicted molar refractivity (Wildman–Crippen MR) is 124 cm³/mol. The Morgan fingerprint density at radius 2 is 1.34 bits per heavy atom. The van der Waals surface area contributed by atoms with E-state index in [0.29, 0.717) is 22.5 Å². The van der Waals surface area contributed by atoms with Gasteiger partial charge in [0, 0.05) is 11.3 Å². The van der Waals surface area contributed by atoms with Crippen LogP contribution in [0.25, 0.3) is 0 Å². The van der Waals surface area contributed by atoms with E-state index >= 15 is 0 Å². The highest BCUT2D eigenvalue weighted by molar-refractivity contribution is 7.92. The molecule has 0 unspecified atom stereocenters. The van der Waals surface area contributed by atoms with Crippen molar-refractivity contribution in [2.45, 2.75) is 25.7 Å². The van der Waals surface area contributed by atoms with E-state index in [0.717, 1.165) is 11.1 Å². The Morgan fingerprint density at radius 3 is 1.97 bits per heavy atom. The molecule has 166 valence electrons. The van der Waals surface area contributed by atoms with Gasteiger partial charge in [0.05, 0.1) is 23.3 Å². The van der Waals surface area contributed by atoms with E-state index in [1.165, 1.54) is 31.4 Å². The minimum absolute atomic E-state index is 0.132. The number of benzene rings is 3. The fourth-order valence-corrected chi connectivity index (χ4v) is 4.11. The molecule has 7 nitrogen and oxygen atoms in total. The van der Waals surface area contributed by atoms with Crippen LogP contribution < -0.4 is 10.0 Å². The van der Waals surface area contributed by atoms with Crippen LogP contribution in [0, 0.1) is 20.8 Å². The molecular weight excluding hydrogens is 428 g/mol. The zero-order valence-electron chi connectivity index (χ0n) is 18.2. The molecular formula is C24H24N2O5S. The van der Waals surface area contributed by atoms with Crippen molar-refractivity contribution in [1.29, 1.82) is 0 Å². The fraction of sp³-hybridized carbons (Fsp3) is 0.167. The molecule has 0 aromatic heterocycles. The van der Waals surface area contributed by atoms with Crippen molar-refractivity contribution in [3.8, 4) is 0 Å². The second kappa shape index (κ2) is 9.23. The van der Waals surface area contributed by atoms with Gasteiger partial charge in [-0.3, -0.25) is 9.52 Å². The number of hydrogen-bond acceptors (Lipinski definition) is 5. The van der Waals surface area contributed by atoms with E-state index in [1.807, 2.05) is 6.92 Å². The maximum Gasteiger partial charge on any atom is 0.337 e. The summed E-state index contributed by atoms with van der Waals surface area (Å²) < 4.78 is 32.8. The monoisotopic (exact) mass is 452 g/mol. The summed E-state index contributed by atoms with van der Waals surface area (Å²) >= 11 is 0. The van der Waals surface area contributed by atoms with Crippen molar-refractivity contribution in [3.05, 3.63) is 88.5 Å². The molecule has 0 atom stereocenters. The van der Waals surface area contributed by atoms with Crippen LogP contribution in [0.2, 0.25) is 0 Å². The molecule has 3 aromatic rings. The van der Waals surface area contributed by atoms with Gasteiger partial charge in [-0.05, 0) is 68.3 Å². The summed E-state index contributed by atoms with van der Waals surface area (Å²) in [7, 11) is -2.53. The van der Waals surface area contributed by atoms with Crippen LogP contribution in [-0.4, -0.2) is 27.4 Å². The average molecular weight is 453 g/mol. The summed E-state index contributed by atoms with van der Waals surface area (Å²) in [6.45, 7) is 5.42. The first-order valence-electron chi connectivity index (χ1n) is 9.81. The van der Waals surface area contributed by atoms with Gasteiger partial charge >= 0.3 is 5.97 Å². The summed E-state index contributed by atoms with van der Waals surface area (Å²) in [6.07, 6.45) is 0. The molecule has 8 heteroatoms. The maximum atomic E-state index is 12.8. The van der Waals surface area contributed by atoms with Crippen LogP contribution in [0.15, 0.2) is 65.6 Å². The normalized spacial score (nSPS) is 11.0. The Morgan fingerprint density at radius 1 is 0.781 bits per heavy atom. The summed E-state index contributed by atoms with van der Waals surface area (Å²) in [6, 6.07) is 16.1. The third kappa shape index (κ3) is 5.15. The van der Waals surface area contributed by atoms with E-state index in [2.05, 4.69) is 10.0 Å². The standard InChI is InChI=1S/C24H24N2O5S/c1-15-5-11-20(12-6-15)32(29,30)26-22-13-18(9-7-17(22)3)23(27)25-21-14-19(24(28)31-4)10-8-16(21)2/h5-14,26H,1-4H3,(H,25,27). The summed E-state index contributed by atoms with van der Waals surface area (Å²) in [5.74, 6) is -0.950. The number of rotatable bonds is 6. The summed E-state index contributed by atoms with van der Waals surface area (Å²) in [4.78, 5) is 24.8. The Bertz CT molecular complexity index is 1280. The number of carbonyl (C=O) groups excluding carboxylic acids is 2. The van der Waals surface area contributed by atoms with Gasteiger partial charge in [-0.1, -0.05) is 29.8 Å². The van der Waals surface area contributed by atoms with Crippen LogP contribution in [0.1, 0.15) is 37.4 Å². The van der Waals surface area contributed by atoms with Gasteiger partial charge in [0.2, 0.25) is 0 Å². The zero-order valence-corrected chi connectivity index (χ0v) is 19.0. The smallest absolute Gasteiger partial charge is 0.337 e. The Labute approximate surface area is 187 Å². The number of hydrogen-bond donors (Lipinski definition) is 2. The lowest BCUT2D eigenvalue weighted by molar-refractivity contribution is 0.0600. The highest BCUT2D eigenvalue weighted by Crippen LogP contribution is 2.23. The third-order valence-electron chi connectivity index (χ3n) is 4.98. The minimum Gasteiger partial charge on any atom is -0.465 e. The maximum absolute atomic E-state index is 12.8. The van der Waals surface area contributed by atoms with E-state index in [9.17, 15) is 18.0 Å². The number of esters is 1. The number of nitrogens with one attached hydrogen (secondary N) is 2. The van der Waals surface area contributed by atoms with Gasteiger partial charge in [0.25, 0.3) is 15.9 Å². The number of anilines is 2. The quantitative estimate of drug-likeness (QED) is 0.538. The Balaban J connectivity index is 1.86. The first-order chi connectivity index (χ1) is 15.1. The van der Waals surface area contributed by atoms with Crippen molar-refractivity contribution < 1.29 is 22.7 Å². The van der Waals surface area contributed by atoms with Crippen molar-refractivity contribution in [2.24, 2.45) is 0 Å². The molecule has 0 bridgehead atoms. The van der Waals surface area contributed by atoms with E-state index < -0.39 is 21.9 Å². The summed E-state index contributed by atoms with van der Waals surface area (Å²) in [5, 5.41) is 2.77. The fourth-order valence-electron chi connectivity index (χ4n) is 2.99. The molecule has 2 N–H and O–H groups in total. The molecule has 0 saturated carbocycles. The molecule has 0 radical (unpaired) electrons. The highest BCUT2D eigenvalue weighted by Gasteiger charge is 2.17. The van der Waals surface area contributed by atoms with Crippen LogP contribution in [-0.2, 0) is 14.8 Å². The molecule has 0 fully saturated rings. The first kappa shape index (κ1) is 23.0. The number of sulfonamides is 1. The number of carbonyl (C=O) groups is 2. The molecule has 0 spiro atoms. The minimum atomic E-state index is -3.81. The lowest BCUT2D eigenvalue weighted by Crippen LogP contribution is -2.16. The van der Waals surface area contributed by atoms with Crippen LogP contribution in [0.3, 0.4) is 0 Å². The number of amides is 1. The summed E-state index contributed by atoms with van der Waals surface area (Å²) in [5.41, 5.74) is 3.72. The molecule has 0 saturated heterocycles. The molecule has 0 aliphatic rings. The molecule has 0 aliphatic heterocycles. The van der Waals surface area contributed by atoms with Gasteiger partial charge in [0.15, 0.2) is 0 Å². The lowest BCUT2D eigenvalue weighted by atomic mass is 10.1. The van der Waals surface area contributed by atoms with Crippen molar-refractivity contribution >= 4 is 33.3 Å². The van der Waals surface area contributed by atoms with E-state index in [1.54, 1.807) is 50.2 Å². The first-order valence-corrected chi connectivity index (χ1v) is 11.3. The zero-order chi connectivity index (χ0) is 23.5. The second-order valence-electron chi connectivity index (χ2n) is 7.42. The number of ether oxygens (including phenoxy) is 1. The number of aryl methyl sites for hydroxylation is 3. The van der Waals surface area contributed by atoms with Gasteiger partial charge in [-0.25, -0.2) is 13.2 Å². The van der Waals surface area contributed by atoms with Gasteiger partial charge in [0.1, 0.15) is 0 Å². The SMILES string of the molecule is COC(=O)c1ccc(C)c(NC(=O)c2ccc(C)c(NS(=O)(=O)c3ccc(C)cc3)c2)c1. The van der Waals surface area contributed by atoms with E-state index in [-0.39, 0.29) is 10.5 Å². The Hall–Kier alpha value is -3.65. The third-order valence-corrected chi connectivity index (χ3v) is 6.36. The molecule has 0 aliphatic carbocycles. The van der Waals surface area contributed by atoms with Crippen molar-refractivity contribution in [2.75, 3.05) is 17.1 Å². The van der Waals surface area contributed by atoms with Crippen molar-refractivity contribution in [1.82, 2.24) is 0 Å². The van der Waals surface area contributed by atoms with Crippen LogP contribution in [0.5, 0.6) is 0 Å². The van der Waals surface area contributed by atoms with Gasteiger partial charge in [-0.2, -0.15) is 0 Å². The van der Waals surface area contributed by atoms with Crippen molar-refractivity contribution in [3.63, 3.8) is 0 Å². The van der Waals surface area contributed by atoms with E-state index in [4.69, 9.17) is 4.74 Å². The van der Waals surface area contributed by atoms with Crippen LogP contribution >= 0.6 is 0 Å². The topological polar surface area (TPSA) is 102 Å². The Kier molecular flexibility index (Phi) is 6.64. The van der Waals surface area contributed by atoms with Gasteiger partial charge < -0.3 is 10.1 Å². The average Bonchev–Trinajstić information content (AvgIpc) is 2.76. The molecule has 32 heavy (non-hydrogen) atoms. The molecule has 3 rings (SSSR count). The predicted octanol–water partition coefficient (Wildman–Crippen LogP) is 4.45. The van der Waals surface area contributed by atoms with Crippen LogP contribution in [0.4, 0.5) is 11.4 Å². The second-order valence-corrected chi connectivity index (χ2v) is 9.11. The number of methoxy groups -OCH3 is 1. The highest BCUT2D eigenvalue weighted by atomic mass is 32.2. The van der Waals surface area contributed by atoms with Gasteiger partial charge in [-0.15, -0.1) is 0 Å². The molecule has 0 heterocycles. The molecule has 3 aromatic carbocycles. The largest absolute Gasteiger partial charge is 0.465 e. The lowest BCUT2D eigenvalue weighted by Gasteiger charge is -2.14. The molecule has 1 amide bonds.